The molecule has 182 valence electrons. The highest BCUT2D eigenvalue weighted by molar-refractivity contribution is 7.99. The van der Waals surface area contributed by atoms with Gasteiger partial charge in [-0.25, -0.2) is 13.2 Å². The molecule has 1 fully saturated rings. The zero-order valence-corrected chi connectivity index (χ0v) is 22.1. The Balaban J connectivity index is 1.49. The lowest BCUT2D eigenvalue weighted by atomic mass is 9.93. The fourth-order valence-corrected chi connectivity index (χ4v) is 8.74. The van der Waals surface area contributed by atoms with E-state index in [0.29, 0.717) is 27.3 Å². The van der Waals surface area contributed by atoms with Crippen molar-refractivity contribution in [1.29, 1.82) is 0 Å². The average molecular weight is 540 g/mol. The van der Waals surface area contributed by atoms with E-state index in [9.17, 15) is 13.2 Å². The van der Waals surface area contributed by atoms with Gasteiger partial charge in [0.15, 0.2) is 6.61 Å². The summed E-state index contributed by atoms with van der Waals surface area (Å²) in [4.78, 5) is 11.7. The lowest BCUT2D eigenvalue weighted by molar-refractivity contribution is -0.139. The minimum Gasteiger partial charge on any atom is -0.482 e. The number of carbonyl (C=O) groups is 1. The third-order valence-corrected chi connectivity index (χ3v) is 11.0. The highest BCUT2D eigenvalue weighted by atomic mass is 35.5. The normalized spacial score (nSPS) is 14.5. The van der Waals surface area contributed by atoms with Crippen molar-refractivity contribution >= 4 is 60.8 Å². The summed E-state index contributed by atoms with van der Waals surface area (Å²) < 4.78 is 35.8. The Morgan fingerprint density at radius 2 is 2.00 bits per heavy atom. The van der Waals surface area contributed by atoms with Crippen LogP contribution in [0, 0.1) is 13.8 Å². The largest absolute Gasteiger partial charge is 0.482 e. The summed E-state index contributed by atoms with van der Waals surface area (Å²) in [5, 5.41) is 10.3. The zero-order valence-electron chi connectivity index (χ0n) is 18.9. The van der Waals surface area contributed by atoms with Crippen LogP contribution < -0.4 is 4.74 Å². The van der Waals surface area contributed by atoms with Gasteiger partial charge in [0.1, 0.15) is 9.96 Å². The van der Waals surface area contributed by atoms with Crippen LogP contribution in [0.15, 0.2) is 45.5 Å². The second-order valence-corrected chi connectivity index (χ2v) is 13.1. The van der Waals surface area contributed by atoms with Crippen LogP contribution in [-0.2, 0) is 14.8 Å². The Morgan fingerprint density at radius 3 is 2.65 bits per heavy atom. The van der Waals surface area contributed by atoms with Gasteiger partial charge in [-0.05, 0) is 79.6 Å². The first-order valence-corrected chi connectivity index (χ1v) is 14.6. The predicted octanol–water partition coefficient (Wildman–Crippen LogP) is 5.97. The molecule has 1 N–H and O–H groups in total. The standard InChI is InChI=1S/C24H26ClNO5S3/c1-15-12-19(7-8-21(15)31-14-23(27)28)32-11-10-26(18-4-3-5-18)34(29,30)24-16(2)20-13-17(25)6-9-22(20)33-24/h6-9,12-13,18H,3-5,10-11,14H2,1-2H3,(H,27,28). The van der Waals surface area contributed by atoms with Gasteiger partial charge in [0, 0.05) is 33.0 Å². The van der Waals surface area contributed by atoms with Crippen LogP contribution in [0.4, 0.5) is 0 Å². The molecule has 0 spiro atoms. The number of benzene rings is 2. The molecule has 34 heavy (non-hydrogen) atoms. The average Bonchev–Trinajstić information content (AvgIpc) is 3.07. The molecule has 4 rings (SSSR count). The lowest BCUT2D eigenvalue weighted by Gasteiger charge is -2.36. The van der Waals surface area contributed by atoms with Gasteiger partial charge in [-0.2, -0.15) is 4.31 Å². The van der Waals surface area contributed by atoms with Gasteiger partial charge in [-0.3, -0.25) is 0 Å². The number of sulfonamides is 1. The Labute approximate surface area is 212 Å². The van der Waals surface area contributed by atoms with Crippen molar-refractivity contribution in [3.05, 3.63) is 52.5 Å². The molecular formula is C24H26ClNO5S3. The minimum atomic E-state index is -3.63. The molecule has 1 aromatic heterocycles. The quantitative estimate of drug-likeness (QED) is 0.319. The van der Waals surface area contributed by atoms with Crippen molar-refractivity contribution in [1.82, 2.24) is 4.31 Å². The summed E-state index contributed by atoms with van der Waals surface area (Å²) in [5.74, 6) is 0.123. The van der Waals surface area contributed by atoms with Crippen molar-refractivity contribution in [2.75, 3.05) is 18.9 Å². The second-order valence-electron chi connectivity index (χ2n) is 8.31. The van der Waals surface area contributed by atoms with Crippen LogP contribution in [0.5, 0.6) is 5.75 Å². The SMILES string of the molecule is Cc1cc(SCCN(C2CCC2)S(=O)(=O)c2sc3ccc(Cl)cc3c2C)ccc1OCC(=O)O. The fourth-order valence-electron chi connectivity index (χ4n) is 3.96. The maximum atomic E-state index is 13.7. The number of aliphatic carboxylic acids is 1. The molecular weight excluding hydrogens is 514 g/mol. The van der Waals surface area contributed by atoms with Crippen LogP contribution in [-0.4, -0.2) is 48.7 Å². The molecule has 3 aromatic rings. The number of nitrogens with zero attached hydrogens (tertiary/aromatic N) is 1. The summed E-state index contributed by atoms with van der Waals surface area (Å²) in [5.41, 5.74) is 1.60. The van der Waals surface area contributed by atoms with E-state index < -0.39 is 16.0 Å². The Hall–Kier alpha value is -1.78. The van der Waals surface area contributed by atoms with Gasteiger partial charge in [0.05, 0.1) is 0 Å². The molecule has 1 heterocycles. The molecule has 2 aromatic carbocycles. The molecule has 0 unspecified atom stereocenters. The molecule has 0 amide bonds. The number of hydrogen-bond donors (Lipinski definition) is 1. The third-order valence-electron chi connectivity index (χ3n) is 5.96. The van der Waals surface area contributed by atoms with Crippen LogP contribution in [0.1, 0.15) is 30.4 Å². The number of ether oxygens (including phenoxy) is 1. The van der Waals surface area contributed by atoms with Crippen LogP contribution in [0.3, 0.4) is 0 Å². The number of hydrogen-bond acceptors (Lipinski definition) is 6. The van der Waals surface area contributed by atoms with Crippen molar-refractivity contribution in [2.24, 2.45) is 0 Å². The van der Waals surface area contributed by atoms with Crippen LogP contribution in [0.25, 0.3) is 10.1 Å². The first-order chi connectivity index (χ1) is 16.2. The van der Waals surface area contributed by atoms with E-state index in [1.165, 1.54) is 11.3 Å². The van der Waals surface area contributed by atoms with Gasteiger partial charge in [-0.1, -0.05) is 18.0 Å². The molecule has 0 saturated heterocycles. The van der Waals surface area contributed by atoms with Gasteiger partial charge in [0.2, 0.25) is 0 Å². The van der Waals surface area contributed by atoms with E-state index in [1.807, 2.05) is 38.1 Å². The molecule has 1 aliphatic carbocycles. The van der Waals surface area contributed by atoms with E-state index in [2.05, 4.69) is 0 Å². The molecule has 0 radical (unpaired) electrons. The van der Waals surface area contributed by atoms with Gasteiger partial charge >= 0.3 is 5.97 Å². The Bertz CT molecular complexity index is 1320. The van der Waals surface area contributed by atoms with E-state index in [-0.39, 0.29) is 12.6 Å². The molecule has 0 bridgehead atoms. The zero-order chi connectivity index (χ0) is 24.5. The summed E-state index contributed by atoms with van der Waals surface area (Å²) in [7, 11) is -3.63. The monoisotopic (exact) mass is 539 g/mol. The molecule has 0 atom stereocenters. The predicted molar refractivity (Wildman–Crippen MR) is 138 cm³/mol. The molecule has 1 aliphatic rings. The van der Waals surface area contributed by atoms with E-state index in [4.69, 9.17) is 21.4 Å². The number of thiophene rings is 1. The highest BCUT2D eigenvalue weighted by Gasteiger charge is 2.36. The number of fused-ring (bicyclic) bond motifs is 1. The first-order valence-electron chi connectivity index (χ1n) is 11.0. The lowest BCUT2D eigenvalue weighted by Crippen LogP contribution is -2.45. The van der Waals surface area contributed by atoms with Gasteiger partial charge in [-0.15, -0.1) is 23.1 Å². The van der Waals surface area contributed by atoms with Crippen molar-refractivity contribution in [3.63, 3.8) is 0 Å². The van der Waals surface area contributed by atoms with Crippen molar-refractivity contribution in [3.8, 4) is 5.75 Å². The smallest absolute Gasteiger partial charge is 0.341 e. The second kappa shape index (κ2) is 10.5. The maximum Gasteiger partial charge on any atom is 0.341 e. The Kier molecular flexibility index (Phi) is 7.79. The van der Waals surface area contributed by atoms with Crippen LogP contribution in [0.2, 0.25) is 5.02 Å². The number of rotatable bonds is 10. The Morgan fingerprint density at radius 1 is 1.24 bits per heavy atom. The molecule has 10 heteroatoms. The molecule has 6 nitrogen and oxygen atoms in total. The van der Waals surface area contributed by atoms with E-state index in [1.54, 1.807) is 28.2 Å². The minimum absolute atomic E-state index is 0.0346. The highest BCUT2D eigenvalue weighted by Crippen LogP contribution is 2.39. The number of carboxylic acids is 1. The fraction of sp³-hybridized carbons (Fsp3) is 0.375. The number of carboxylic acid groups (broad SMARTS) is 1. The van der Waals surface area contributed by atoms with Crippen LogP contribution >= 0.6 is 34.7 Å². The summed E-state index contributed by atoms with van der Waals surface area (Å²) in [6.45, 7) is 3.75. The van der Waals surface area contributed by atoms with E-state index >= 15 is 0 Å². The number of aryl methyl sites for hydroxylation is 2. The van der Waals surface area contributed by atoms with Crippen molar-refractivity contribution < 1.29 is 23.1 Å². The topological polar surface area (TPSA) is 83.9 Å². The van der Waals surface area contributed by atoms with E-state index in [0.717, 1.165) is 45.4 Å². The molecule has 1 saturated carbocycles. The summed E-state index contributed by atoms with van der Waals surface area (Å²) >= 11 is 9.03. The summed E-state index contributed by atoms with van der Waals surface area (Å²) in [6, 6.07) is 11.1. The molecule has 0 aliphatic heterocycles. The summed E-state index contributed by atoms with van der Waals surface area (Å²) in [6.07, 6.45) is 2.81. The first kappa shape index (κ1) is 25.3. The van der Waals surface area contributed by atoms with Crippen molar-refractivity contribution in [2.45, 2.75) is 48.3 Å². The number of thioether (sulfide) groups is 1. The maximum absolute atomic E-state index is 13.7. The number of halogens is 1. The van der Waals surface area contributed by atoms with Gasteiger partial charge in [0.25, 0.3) is 10.0 Å². The third kappa shape index (κ3) is 5.39. The van der Waals surface area contributed by atoms with Gasteiger partial charge < -0.3 is 9.84 Å².